The van der Waals surface area contributed by atoms with Gasteiger partial charge in [-0.3, -0.25) is 0 Å². The van der Waals surface area contributed by atoms with Crippen molar-refractivity contribution in [2.75, 3.05) is 6.61 Å². The van der Waals surface area contributed by atoms with Crippen molar-refractivity contribution in [2.24, 2.45) is 5.92 Å². The first-order valence-corrected chi connectivity index (χ1v) is 7.59. The maximum atomic E-state index is 10.6. The van der Waals surface area contributed by atoms with Gasteiger partial charge in [-0.2, -0.15) is 0 Å². The van der Waals surface area contributed by atoms with Crippen LogP contribution in [0.25, 0.3) is 0 Å². The molecule has 5 heteroatoms. The van der Waals surface area contributed by atoms with Gasteiger partial charge in [-0.05, 0) is 46.5 Å². The fourth-order valence-electron chi connectivity index (χ4n) is 3.87. The third-order valence-electron chi connectivity index (χ3n) is 5.53. The molecule has 6 atom stereocenters. The Morgan fingerprint density at radius 2 is 1.90 bits per heavy atom. The van der Waals surface area contributed by atoms with Crippen molar-refractivity contribution in [1.82, 2.24) is 0 Å². The molecule has 2 heterocycles. The van der Waals surface area contributed by atoms with E-state index in [4.69, 9.17) is 9.47 Å². The number of aliphatic hydroxyl groups excluding tert-OH is 2. The van der Waals surface area contributed by atoms with Crippen molar-refractivity contribution in [2.45, 2.75) is 81.6 Å². The van der Waals surface area contributed by atoms with Crippen LogP contribution in [0.4, 0.5) is 0 Å². The summed E-state index contributed by atoms with van der Waals surface area (Å²) in [5.41, 5.74) is -1.75. The van der Waals surface area contributed by atoms with Gasteiger partial charge in [0.05, 0.1) is 30.0 Å². The molecule has 2 saturated heterocycles. The first-order valence-electron chi connectivity index (χ1n) is 7.59. The molecule has 3 N–H and O–H groups in total. The molecule has 0 bridgehead atoms. The molecule has 0 radical (unpaired) electrons. The van der Waals surface area contributed by atoms with E-state index >= 15 is 0 Å². The Bertz CT molecular complexity index is 392. The molecule has 1 saturated carbocycles. The SMILES string of the molecule is CC(C)(O)[C@@H]1CC[C@]2(CO)O[C@@H]2CC[C@@]2(C)O[C@H]2[C@@H]1O. The van der Waals surface area contributed by atoms with Crippen molar-refractivity contribution >= 4 is 0 Å². The second-order valence-corrected chi connectivity index (χ2v) is 7.51. The molecule has 0 amide bonds. The van der Waals surface area contributed by atoms with Gasteiger partial charge in [0.15, 0.2) is 0 Å². The number of epoxide rings is 2. The van der Waals surface area contributed by atoms with Gasteiger partial charge in [-0.15, -0.1) is 0 Å². The monoisotopic (exact) mass is 286 g/mol. The van der Waals surface area contributed by atoms with Crippen molar-refractivity contribution in [3.63, 3.8) is 0 Å². The van der Waals surface area contributed by atoms with Crippen LogP contribution in [-0.2, 0) is 9.47 Å². The lowest BCUT2D eigenvalue weighted by molar-refractivity contribution is -0.0621. The summed E-state index contributed by atoms with van der Waals surface area (Å²) in [4.78, 5) is 0. The van der Waals surface area contributed by atoms with Crippen LogP contribution >= 0.6 is 0 Å². The average Bonchev–Trinajstić information content (AvgIpc) is 3.21. The summed E-state index contributed by atoms with van der Waals surface area (Å²) in [6, 6.07) is 0. The van der Waals surface area contributed by atoms with Crippen molar-refractivity contribution in [1.29, 1.82) is 0 Å². The first kappa shape index (κ1) is 14.7. The molecule has 1 aliphatic carbocycles. The molecular weight excluding hydrogens is 260 g/mol. The van der Waals surface area contributed by atoms with Crippen LogP contribution in [0.1, 0.15) is 46.5 Å². The Morgan fingerprint density at radius 3 is 2.50 bits per heavy atom. The highest BCUT2D eigenvalue weighted by atomic mass is 16.6. The maximum absolute atomic E-state index is 10.6. The minimum Gasteiger partial charge on any atom is -0.393 e. The van der Waals surface area contributed by atoms with Gasteiger partial charge < -0.3 is 24.8 Å². The van der Waals surface area contributed by atoms with Gasteiger partial charge in [-0.25, -0.2) is 0 Å². The topological polar surface area (TPSA) is 85.8 Å². The number of rotatable bonds is 2. The zero-order valence-electron chi connectivity index (χ0n) is 12.5. The van der Waals surface area contributed by atoms with Gasteiger partial charge in [-0.1, -0.05) is 0 Å². The molecule has 20 heavy (non-hydrogen) atoms. The lowest BCUT2D eigenvalue weighted by Gasteiger charge is -2.34. The predicted molar refractivity (Wildman–Crippen MR) is 72.2 cm³/mol. The maximum Gasteiger partial charge on any atom is 0.118 e. The summed E-state index contributed by atoms with van der Waals surface area (Å²) in [6.45, 7) is 5.47. The van der Waals surface area contributed by atoms with E-state index in [-0.39, 0.29) is 30.3 Å². The van der Waals surface area contributed by atoms with Crippen molar-refractivity contribution in [3.05, 3.63) is 0 Å². The molecule has 3 aliphatic rings. The quantitative estimate of drug-likeness (QED) is 0.647. The number of hydrogen-bond acceptors (Lipinski definition) is 5. The van der Waals surface area contributed by atoms with E-state index in [0.29, 0.717) is 12.8 Å². The number of hydrogen-bond donors (Lipinski definition) is 3. The highest BCUT2D eigenvalue weighted by Crippen LogP contribution is 2.52. The molecular formula is C15H26O5. The summed E-state index contributed by atoms with van der Waals surface area (Å²) < 4.78 is 11.5. The van der Waals surface area contributed by atoms with Gasteiger partial charge in [0.25, 0.3) is 0 Å². The minimum absolute atomic E-state index is 0.00728. The van der Waals surface area contributed by atoms with E-state index in [0.717, 1.165) is 12.8 Å². The summed E-state index contributed by atoms with van der Waals surface area (Å²) in [5, 5.41) is 30.5. The standard InChI is InChI=1S/C15H26O5/c1-13(2,18)9-4-7-15(8-16)10(19-15)5-6-14(3)12(20-14)11(9)17/h9-12,16-18H,4-8H2,1-3H3/t9-,10-,11-,12+,14-,15-/m1/s1. The second-order valence-electron chi connectivity index (χ2n) is 7.51. The molecule has 2 aliphatic heterocycles. The molecule has 5 nitrogen and oxygen atoms in total. The molecule has 3 fully saturated rings. The molecule has 0 aromatic heterocycles. The van der Waals surface area contributed by atoms with Gasteiger partial charge >= 0.3 is 0 Å². The fraction of sp³-hybridized carbons (Fsp3) is 1.00. The number of ether oxygens (including phenoxy) is 2. The molecule has 0 unspecified atom stereocenters. The van der Waals surface area contributed by atoms with E-state index in [1.54, 1.807) is 13.8 Å². The summed E-state index contributed by atoms with van der Waals surface area (Å²) >= 11 is 0. The van der Waals surface area contributed by atoms with Crippen LogP contribution < -0.4 is 0 Å². The first-order chi connectivity index (χ1) is 9.22. The van der Waals surface area contributed by atoms with E-state index in [9.17, 15) is 15.3 Å². The van der Waals surface area contributed by atoms with Crippen LogP contribution in [-0.4, -0.2) is 57.0 Å². The van der Waals surface area contributed by atoms with E-state index in [1.165, 1.54) is 0 Å². The van der Waals surface area contributed by atoms with Crippen LogP contribution in [0.3, 0.4) is 0 Å². The van der Waals surface area contributed by atoms with Crippen molar-refractivity contribution in [3.8, 4) is 0 Å². The van der Waals surface area contributed by atoms with E-state index < -0.39 is 17.3 Å². The third kappa shape index (κ3) is 2.29. The molecule has 0 aromatic rings. The molecule has 0 spiro atoms. The lowest BCUT2D eigenvalue weighted by Crippen LogP contribution is -2.44. The zero-order valence-corrected chi connectivity index (χ0v) is 12.5. The molecule has 0 aromatic carbocycles. The molecule has 3 rings (SSSR count). The van der Waals surface area contributed by atoms with Crippen LogP contribution in [0.5, 0.6) is 0 Å². The normalized spacial score (nSPS) is 51.9. The highest BCUT2D eigenvalue weighted by Gasteiger charge is 2.63. The number of fused-ring (bicyclic) bond motifs is 2. The fourth-order valence-corrected chi connectivity index (χ4v) is 3.87. The highest BCUT2D eigenvalue weighted by molar-refractivity contribution is 5.11. The average molecular weight is 286 g/mol. The second kappa shape index (κ2) is 4.40. The van der Waals surface area contributed by atoms with Crippen molar-refractivity contribution < 1.29 is 24.8 Å². The third-order valence-corrected chi connectivity index (χ3v) is 5.53. The van der Waals surface area contributed by atoms with E-state index in [2.05, 4.69) is 0 Å². The Hall–Kier alpha value is -0.200. The smallest absolute Gasteiger partial charge is 0.118 e. The van der Waals surface area contributed by atoms with Crippen LogP contribution in [0.15, 0.2) is 0 Å². The largest absolute Gasteiger partial charge is 0.393 e. The Morgan fingerprint density at radius 1 is 1.20 bits per heavy atom. The minimum atomic E-state index is -0.980. The Labute approximate surface area is 119 Å². The Kier molecular flexibility index (Phi) is 3.24. The van der Waals surface area contributed by atoms with E-state index in [1.807, 2.05) is 6.92 Å². The molecule has 116 valence electrons. The lowest BCUT2D eigenvalue weighted by atomic mass is 9.76. The summed E-state index contributed by atoms with van der Waals surface area (Å²) in [5.74, 6) is -0.277. The zero-order chi connectivity index (χ0) is 14.8. The number of aliphatic hydroxyl groups is 3. The van der Waals surface area contributed by atoms with Crippen LogP contribution in [0, 0.1) is 5.92 Å². The van der Waals surface area contributed by atoms with Crippen LogP contribution in [0.2, 0.25) is 0 Å². The van der Waals surface area contributed by atoms with Gasteiger partial charge in [0.1, 0.15) is 11.7 Å². The Balaban J connectivity index is 1.81. The predicted octanol–water partition coefficient (Wildman–Crippen LogP) is 0.596. The van der Waals surface area contributed by atoms with Gasteiger partial charge in [0, 0.05) is 5.92 Å². The summed E-state index contributed by atoms with van der Waals surface area (Å²) in [7, 11) is 0. The van der Waals surface area contributed by atoms with Gasteiger partial charge in [0.2, 0.25) is 0 Å². The summed E-state index contributed by atoms with van der Waals surface area (Å²) in [6.07, 6.45) is 2.19.